The highest BCUT2D eigenvalue weighted by molar-refractivity contribution is 6.17. The number of carbonyl (C=O) groups is 3. The molecule has 0 amide bonds. The number of hydrogen-bond acceptors (Lipinski definition) is 7. The van der Waals surface area contributed by atoms with Crippen LogP contribution in [0, 0.1) is 0 Å². The van der Waals surface area contributed by atoms with Gasteiger partial charge in [-0.15, -0.1) is 0 Å². The predicted molar refractivity (Wildman–Crippen MR) is 94.5 cm³/mol. The number of aliphatic hydroxyl groups is 1. The molecule has 0 atom stereocenters. The zero-order chi connectivity index (χ0) is 19.7. The minimum absolute atomic E-state index is 0.136. The van der Waals surface area contributed by atoms with Crippen molar-refractivity contribution < 1.29 is 33.7 Å². The Morgan fingerprint density at radius 3 is 1.92 bits per heavy atom. The van der Waals surface area contributed by atoms with Crippen molar-refractivity contribution in [1.82, 2.24) is 0 Å². The Morgan fingerprint density at radius 1 is 1.00 bits per heavy atom. The number of ketones is 1. The van der Waals surface area contributed by atoms with Crippen LogP contribution in [-0.2, 0) is 23.9 Å². The van der Waals surface area contributed by atoms with Gasteiger partial charge in [0.15, 0.2) is 0 Å². The molecule has 0 fully saturated rings. The van der Waals surface area contributed by atoms with Crippen LogP contribution >= 0.6 is 0 Å². The zero-order valence-corrected chi connectivity index (χ0v) is 15.4. The van der Waals surface area contributed by atoms with Gasteiger partial charge in [0.25, 0.3) is 0 Å². The van der Waals surface area contributed by atoms with E-state index in [2.05, 4.69) is 0 Å². The van der Waals surface area contributed by atoms with Crippen LogP contribution in [0.15, 0.2) is 29.8 Å². The Kier molecular flexibility index (Phi) is 7.99. The van der Waals surface area contributed by atoms with Crippen LogP contribution in [0.1, 0.15) is 33.3 Å². The average Bonchev–Trinajstić information content (AvgIpc) is 2.58. The van der Waals surface area contributed by atoms with Crippen molar-refractivity contribution in [3.05, 3.63) is 35.4 Å². The molecule has 0 saturated heterocycles. The first-order valence-electron chi connectivity index (χ1n) is 8.23. The zero-order valence-electron chi connectivity index (χ0n) is 15.4. The molecule has 0 heterocycles. The van der Waals surface area contributed by atoms with Gasteiger partial charge in [-0.2, -0.15) is 0 Å². The third-order valence-corrected chi connectivity index (χ3v) is 3.23. The maximum absolute atomic E-state index is 11.9. The molecule has 142 valence electrons. The van der Waals surface area contributed by atoms with E-state index in [1.165, 1.54) is 19.9 Å². The molecule has 0 aromatic heterocycles. The molecular formula is C19H24O7. The van der Waals surface area contributed by atoms with Crippen LogP contribution in [0.25, 0.3) is 6.08 Å². The summed E-state index contributed by atoms with van der Waals surface area (Å²) in [6.07, 6.45) is 1.36. The molecule has 26 heavy (non-hydrogen) atoms. The van der Waals surface area contributed by atoms with Gasteiger partial charge in [-0.3, -0.25) is 4.79 Å². The monoisotopic (exact) mass is 364 g/mol. The van der Waals surface area contributed by atoms with Gasteiger partial charge in [-0.25, -0.2) is 9.59 Å². The Morgan fingerprint density at radius 2 is 1.50 bits per heavy atom. The molecule has 7 nitrogen and oxygen atoms in total. The summed E-state index contributed by atoms with van der Waals surface area (Å²) in [5.74, 6) is -1.56. The second-order valence-corrected chi connectivity index (χ2v) is 5.84. The van der Waals surface area contributed by atoms with Crippen molar-refractivity contribution in [2.24, 2.45) is 0 Å². The summed E-state index contributed by atoms with van der Waals surface area (Å²) in [6, 6.07) is 6.39. The number of rotatable bonds is 9. The van der Waals surface area contributed by atoms with Crippen molar-refractivity contribution >= 4 is 23.8 Å². The van der Waals surface area contributed by atoms with E-state index in [0.29, 0.717) is 11.3 Å². The van der Waals surface area contributed by atoms with Crippen LogP contribution in [0.3, 0.4) is 0 Å². The maximum atomic E-state index is 11.9. The molecule has 1 rings (SSSR count). The molecule has 0 radical (unpaired) electrons. The summed E-state index contributed by atoms with van der Waals surface area (Å²) in [5, 5.41) is 9.57. The molecule has 0 aliphatic rings. The number of benzene rings is 1. The molecule has 0 unspecified atom stereocenters. The summed E-state index contributed by atoms with van der Waals surface area (Å²) in [6.45, 7) is 6.06. The van der Waals surface area contributed by atoms with Gasteiger partial charge in [-0.1, -0.05) is 12.1 Å². The molecule has 1 N–H and O–H groups in total. The topological polar surface area (TPSA) is 99.1 Å². The lowest BCUT2D eigenvalue weighted by atomic mass is 10.1. The molecule has 7 heteroatoms. The number of carbonyl (C=O) groups excluding carboxylic acids is 3. The summed E-state index contributed by atoms with van der Waals surface area (Å²) < 4.78 is 15.1. The second-order valence-electron chi connectivity index (χ2n) is 5.84. The fourth-order valence-corrected chi connectivity index (χ4v) is 1.77. The highest BCUT2D eigenvalue weighted by Gasteiger charge is 2.24. The normalized spacial score (nSPS) is 10.7. The third-order valence-electron chi connectivity index (χ3n) is 3.23. The van der Waals surface area contributed by atoms with E-state index in [0.717, 1.165) is 0 Å². The Bertz CT molecular complexity index is 646. The van der Waals surface area contributed by atoms with Gasteiger partial charge < -0.3 is 19.3 Å². The van der Waals surface area contributed by atoms with Crippen LogP contribution in [0.2, 0.25) is 0 Å². The summed E-state index contributed by atoms with van der Waals surface area (Å²) >= 11 is 0. The highest BCUT2D eigenvalue weighted by atomic mass is 16.6. The largest absolute Gasteiger partial charge is 0.486 e. The van der Waals surface area contributed by atoms with Gasteiger partial charge in [0.2, 0.25) is 5.78 Å². The van der Waals surface area contributed by atoms with E-state index in [9.17, 15) is 19.5 Å². The Hall–Kier alpha value is -2.67. The SMILES string of the molecule is CCOC(=O)C(=Cc1ccc(OCC(=O)C(C)(C)O)cc1)C(=O)OCC. The fourth-order valence-electron chi connectivity index (χ4n) is 1.77. The molecule has 1 aromatic carbocycles. The molecule has 0 spiro atoms. The van der Waals surface area contributed by atoms with Crippen molar-refractivity contribution in [2.75, 3.05) is 19.8 Å². The lowest BCUT2D eigenvalue weighted by Gasteiger charge is -2.15. The number of esters is 2. The summed E-state index contributed by atoms with van der Waals surface area (Å²) in [7, 11) is 0. The lowest BCUT2D eigenvalue weighted by molar-refractivity contribution is -0.146. The van der Waals surface area contributed by atoms with Crippen LogP contribution in [-0.4, -0.2) is 48.3 Å². The minimum atomic E-state index is -1.46. The van der Waals surface area contributed by atoms with Gasteiger partial charge in [0.1, 0.15) is 23.5 Å². The number of Topliss-reactive ketones (excluding diaryl/α,β-unsaturated/α-hetero) is 1. The van der Waals surface area contributed by atoms with Gasteiger partial charge in [0, 0.05) is 0 Å². The van der Waals surface area contributed by atoms with E-state index >= 15 is 0 Å². The Labute approximate surface area is 152 Å². The standard InChI is InChI=1S/C19H24O7/c1-5-24-17(21)15(18(22)25-6-2)11-13-7-9-14(10-8-13)26-12-16(20)19(3,4)23/h7-11,23H,5-6,12H2,1-4H3. The van der Waals surface area contributed by atoms with Gasteiger partial charge in [0.05, 0.1) is 13.2 Å². The smallest absolute Gasteiger partial charge is 0.345 e. The second kappa shape index (κ2) is 9.72. The quantitative estimate of drug-likeness (QED) is 0.309. The maximum Gasteiger partial charge on any atom is 0.345 e. The number of hydrogen-bond donors (Lipinski definition) is 1. The van der Waals surface area contributed by atoms with Crippen molar-refractivity contribution in [3.63, 3.8) is 0 Å². The van der Waals surface area contributed by atoms with E-state index in [4.69, 9.17) is 14.2 Å². The predicted octanol–water partition coefficient (Wildman–Crippen LogP) is 1.91. The van der Waals surface area contributed by atoms with Crippen LogP contribution in [0.5, 0.6) is 5.75 Å². The fraction of sp³-hybridized carbons (Fsp3) is 0.421. The van der Waals surface area contributed by atoms with Gasteiger partial charge in [-0.05, 0) is 51.5 Å². The van der Waals surface area contributed by atoms with Gasteiger partial charge >= 0.3 is 11.9 Å². The lowest BCUT2D eigenvalue weighted by Crippen LogP contribution is -2.35. The van der Waals surface area contributed by atoms with Crippen LogP contribution < -0.4 is 4.74 Å². The Balaban J connectivity index is 2.89. The summed E-state index contributed by atoms with van der Waals surface area (Å²) in [5.41, 5.74) is -1.11. The molecule has 1 aromatic rings. The first kappa shape index (κ1) is 21.4. The molecule has 0 saturated carbocycles. The van der Waals surface area contributed by atoms with E-state index in [1.54, 1.807) is 38.1 Å². The molecule has 0 aliphatic carbocycles. The average molecular weight is 364 g/mol. The van der Waals surface area contributed by atoms with Crippen molar-refractivity contribution in [2.45, 2.75) is 33.3 Å². The number of ether oxygens (including phenoxy) is 3. The van der Waals surface area contributed by atoms with E-state index in [-0.39, 0.29) is 25.4 Å². The third kappa shape index (κ3) is 6.68. The van der Waals surface area contributed by atoms with E-state index < -0.39 is 23.3 Å². The van der Waals surface area contributed by atoms with E-state index in [1.807, 2.05) is 0 Å². The minimum Gasteiger partial charge on any atom is -0.486 e. The first-order valence-corrected chi connectivity index (χ1v) is 8.23. The van der Waals surface area contributed by atoms with Crippen molar-refractivity contribution in [3.8, 4) is 5.75 Å². The van der Waals surface area contributed by atoms with Crippen molar-refractivity contribution in [1.29, 1.82) is 0 Å². The molecule has 0 bridgehead atoms. The molecular weight excluding hydrogens is 340 g/mol. The molecule has 0 aliphatic heterocycles. The summed E-state index contributed by atoms with van der Waals surface area (Å²) in [4.78, 5) is 35.5. The first-order chi connectivity index (χ1) is 12.2. The van der Waals surface area contributed by atoms with Crippen LogP contribution in [0.4, 0.5) is 0 Å². The highest BCUT2D eigenvalue weighted by Crippen LogP contribution is 2.16.